The van der Waals surface area contributed by atoms with Crippen molar-refractivity contribution >= 4 is 29.3 Å². The standard InChI is InChI=1S/C33H42N8O5/c1-22(2)39-13-15-40(16-14-39)30(42)25-6-10-27(11-7-25)35-32(43)34-26-8-4-24(5-9-26)29-36-31(41-17-19-45-20-23(41)3)38-33(37-29)46-28-12-18-44-21-28/h4-11,22-23,28H,12-21H2,1-3H3,(H2,34,35,43)/t23-,28?/m0/s1. The fourth-order valence-electron chi connectivity index (χ4n) is 5.75. The summed E-state index contributed by atoms with van der Waals surface area (Å²) in [7, 11) is 0. The zero-order chi connectivity index (χ0) is 32.0. The minimum Gasteiger partial charge on any atom is -0.457 e. The van der Waals surface area contributed by atoms with Crippen LogP contribution in [-0.2, 0) is 9.47 Å². The molecule has 3 saturated heterocycles. The molecule has 2 atom stereocenters. The molecule has 3 aliphatic rings. The second-order valence-corrected chi connectivity index (χ2v) is 12.1. The molecule has 3 aromatic rings. The van der Waals surface area contributed by atoms with E-state index in [0.717, 1.165) is 25.1 Å². The van der Waals surface area contributed by atoms with Gasteiger partial charge in [0.1, 0.15) is 6.10 Å². The number of piperazine rings is 1. The Balaban J connectivity index is 1.08. The maximum absolute atomic E-state index is 13.0. The number of hydrogen-bond donors (Lipinski definition) is 2. The highest BCUT2D eigenvalue weighted by atomic mass is 16.6. The van der Waals surface area contributed by atoms with Crippen LogP contribution in [0.25, 0.3) is 11.4 Å². The quantitative estimate of drug-likeness (QED) is 0.379. The first-order valence-electron chi connectivity index (χ1n) is 16.0. The first kappa shape index (κ1) is 31.6. The average molecular weight is 631 g/mol. The minimum absolute atomic E-state index is 0.00971. The molecular formula is C33H42N8O5. The zero-order valence-corrected chi connectivity index (χ0v) is 26.6. The van der Waals surface area contributed by atoms with Crippen molar-refractivity contribution in [1.82, 2.24) is 24.8 Å². The summed E-state index contributed by atoms with van der Waals surface area (Å²) in [5.41, 5.74) is 2.55. The molecule has 0 spiro atoms. The van der Waals surface area contributed by atoms with Crippen LogP contribution in [0.1, 0.15) is 37.6 Å². The Hall–Kier alpha value is -4.33. The van der Waals surface area contributed by atoms with Crippen LogP contribution in [0.3, 0.4) is 0 Å². The number of carbonyl (C=O) groups excluding carboxylic acids is 2. The second kappa shape index (κ2) is 14.4. The molecular weight excluding hydrogens is 588 g/mol. The summed E-state index contributed by atoms with van der Waals surface area (Å²) in [4.78, 5) is 46.1. The van der Waals surface area contributed by atoms with E-state index < -0.39 is 6.03 Å². The van der Waals surface area contributed by atoms with Gasteiger partial charge in [0.05, 0.1) is 32.5 Å². The highest BCUT2D eigenvalue weighted by Gasteiger charge is 2.26. The van der Waals surface area contributed by atoms with E-state index in [1.165, 1.54) is 0 Å². The van der Waals surface area contributed by atoms with Crippen molar-refractivity contribution in [3.05, 3.63) is 54.1 Å². The zero-order valence-electron chi connectivity index (χ0n) is 26.6. The van der Waals surface area contributed by atoms with E-state index in [-0.39, 0.29) is 24.1 Å². The third kappa shape index (κ3) is 7.72. The molecule has 3 amide bonds. The summed E-state index contributed by atoms with van der Waals surface area (Å²) in [5, 5.41) is 5.69. The monoisotopic (exact) mass is 630 g/mol. The number of hydrogen-bond acceptors (Lipinski definition) is 10. The molecule has 2 aromatic carbocycles. The highest BCUT2D eigenvalue weighted by molar-refractivity contribution is 6.00. The smallest absolute Gasteiger partial charge is 0.323 e. The van der Waals surface area contributed by atoms with Crippen molar-refractivity contribution in [3.8, 4) is 17.4 Å². The first-order valence-corrected chi connectivity index (χ1v) is 16.0. The van der Waals surface area contributed by atoms with Gasteiger partial charge in [-0.2, -0.15) is 15.0 Å². The molecule has 244 valence electrons. The third-order valence-corrected chi connectivity index (χ3v) is 8.51. The van der Waals surface area contributed by atoms with Gasteiger partial charge in [0, 0.05) is 67.7 Å². The van der Waals surface area contributed by atoms with Gasteiger partial charge in [-0.15, -0.1) is 0 Å². The fraction of sp³-hybridized carbons (Fsp3) is 0.485. The van der Waals surface area contributed by atoms with E-state index in [1.54, 1.807) is 36.4 Å². The molecule has 0 bridgehead atoms. The Morgan fingerprint density at radius 1 is 0.848 bits per heavy atom. The highest BCUT2D eigenvalue weighted by Crippen LogP contribution is 2.25. The number of nitrogens with one attached hydrogen (secondary N) is 2. The van der Waals surface area contributed by atoms with Gasteiger partial charge < -0.3 is 34.6 Å². The molecule has 4 heterocycles. The lowest BCUT2D eigenvalue weighted by Gasteiger charge is -2.37. The van der Waals surface area contributed by atoms with Gasteiger partial charge in [-0.05, 0) is 69.3 Å². The van der Waals surface area contributed by atoms with Crippen LogP contribution < -0.4 is 20.3 Å². The number of morpholine rings is 1. The number of amides is 3. The van der Waals surface area contributed by atoms with Crippen molar-refractivity contribution in [2.75, 3.05) is 74.7 Å². The number of carbonyl (C=O) groups is 2. The topological polar surface area (TPSA) is 134 Å². The molecule has 13 nitrogen and oxygen atoms in total. The largest absolute Gasteiger partial charge is 0.457 e. The van der Waals surface area contributed by atoms with Crippen molar-refractivity contribution in [2.45, 2.75) is 45.4 Å². The summed E-state index contributed by atoms with van der Waals surface area (Å²) in [6, 6.07) is 14.7. The summed E-state index contributed by atoms with van der Waals surface area (Å²) >= 11 is 0. The van der Waals surface area contributed by atoms with Gasteiger partial charge in [0.2, 0.25) is 5.95 Å². The number of urea groups is 1. The van der Waals surface area contributed by atoms with Crippen molar-refractivity contribution < 1.29 is 23.8 Å². The maximum Gasteiger partial charge on any atom is 0.323 e. The number of nitrogens with zero attached hydrogens (tertiary/aromatic N) is 6. The Kier molecular flexibility index (Phi) is 9.91. The predicted octanol–water partition coefficient (Wildman–Crippen LogP) is 3.74. The third-order valence-electron chi connectivity index (χ3n) is 8.51. The maximum atomic E-state index is 13.0. The van der Waals surface area contributed by atoms with Gasteiger partial charge >= 0.3 is 12.0 Å². The van der Waals surface area contributed by atoms with Crippen LogP contribution in [0.2, 0.25) is 0 Å². The Morgan fingerprint density at radius 2 is 1.52 bits per heavy atom. The number of anilines is 3. The Morgan fingerprint density at radius 3 is 2.15 bits per heavy atom. The fourth-order valence-corrected chi connectivity index (χ4v) is 5.75. The summed E-state index contributed by atoms with van der Waals surface area (Å²) in [6.45, 7) is 12.6. The van der Waals surface area contributed by atoms with Crippen molar-refractivity contribution in [2.24, 2.45) is 0 Å². The van der Waals surface area contributed by atoms with Crippen LogP contribution in [0.15, 0.2) is 48.5 Å². The van der Waals surface area contributed by atoms with Gasteiger partial charge in [-0.1, -0.05) is 0 Å². The lowest BCUT2D eigenvalue weighted by molar-refractivity contribution is 0.0595. The van der Waals surface area contributed by atoms with Gasteiger partial charge in [-0.25, -0.2) is 4.79 Å². The molecule has 13 heteroatoms. The first-order chi connectivity index (χ1) is 22.3. The number of aromatic nitrogens is 3. The van der Waals surface area contributed by atoms with Crippen molar-refractivity contribution in [1.29, 1.82) is 0 Å². The molecule has 0 radical (unpaired) electrons. The molecule has 3 fully saturated rings. The second-order valence-electron chi connectivity index (χ2n) is 12.1. The van der Waals surface area contributed by atoms with Gasteiger partial charge in [0.15, 0.2) is 5.82 Å². The van der Waals surface area contributed by atoms with E-state index in [1.807, 2.05) is 17.0 Å². The Labute approximate surface area is 269 Å². The van der Waals surface area contributed by atoms with E-state index in [0.29, 0.717) is 80.8 Å². The molecule has 0 saturated carbocycles. The molecule has 0 aliphatic carbocycles. The lowest BCUT2D eigenvalue weighted by atomic mass is 10.1. The molecule has 3 aliphatic heterocycles. The van der Waals surface area contributed by atoms with E-state index in [2.05, 4.69) is 51.2 Å². The summed E-state index contributed by atoms with van der Waals surface area (Å²) in [5.74, 6) is 1.03. The molecule has 6 rings (SSSR count). The van der Waals surface area contributed by atoms with Crippen LogP contribution >= 0.6 is 0 Å². The van der Waals surface area contributed by atoms with Crippen LogP contribution in [0, 0.1) is 0 Å². The van der Waals surface area contributed by atoms with E-state index in [9.17, 15) is 9.59 Å². The number of rotatable bonds is 8. The number of benzene rings is 2. The molecule has 2 N–H and O–H groups in total. The van der Waals surface area contributed by atoms with Crippen LogP contribution in [-0.4, -0.2) is 114 Å². The summed E-state index contributed by atoms with van der Waals surface area (Å²) in [6.07, 6.45) is 0.684. The minimum atomic E-state index is -0.394. The number of ether oxygens (including phenoxy) is 3. The van der Waals surface area contributed by atoms with E-state index >= 15 is 0 Å². The normalized spacial score (nSPS) is 20.5. The predicted molar refractivity (Wildman–Crippen MR) is 174 cm³/mol. The van der Waals surface area contributed by atoms with Gasteiger partial charge in [-0.3, -0.25) is 9.69 Å². The van der Waals surface area contributed by atoms with Crippen molar-refractivity contribution in [3.63, 3.8) is 0 Å². The molecule has 1 aromatic heterocycles. The lowest BCUT2D eigenvalue weighted by Crippen LogP contribution is -2.50. The van der Waals surface area contributed by atoms with Gasteiger partial charge in [0.25, 0.3) is 5.91 Å². The summed E-state index contributed by atoms with van der Waals surface area (Å²) < 4.78 is 17.1. The van der Waals surface area contributed by atoms with Crippen LogP contribution in [0.5, 0.6) is 6.01 Å². The Bertz CT molecular complexity index is 1490. The molecule has 1 unspecified atom stereocenters. The van der Waals surface area contributed by atoms with Crippen LogP contribution in [0.4, 0.5) is 22.1 Å². The molecule has 46 heavy (non-hydrogen) atoms. The average Bonchev–Trinajstić information content (AvgIpc) is 3.58. The van der Waals surface area contributed by atoms with E-state index in [4.69, 9.17) is 19.2 Å². The SMILES string of the molecule is CC(C)N1CCN(C(=O)c2ccc(NC(=O)Nc3ccc(-c4nc(OC5CCOC5)nc(N5CCOC[C@@H]5C)n4)cc3)cc2)CC1.